The highest BCUT2D eigenvalue weighted by Gasteiger charge is 2.45. The van der Waals surface area contributed by atoms with Crippen molar-refractivity contribution in [3.63, 3.8) is 0 Å². The van der Waals surface area contributed by atoms with E-state index in [2.05, 4.69) is 5.32 Å². The fraction of sp³-hybridized carbons (Fsp3) is 0.900. The van der Waals surface area contributed by atoms with Gasteiger partial charge in [-0.3, -0.25) is 10.1 Å². The largest absolute Gasteiger partial charge is 0.480 e. The molecule has 0 heterocycles. The molecule has 0 radical (unpaired) electrons. The average molecular weight is 255 g/mol. The summed E-state index contributed by atoms with van der Waals surface area (Å²) in [6.07, 6.45) is -3.24. The second-order valence-corrected chi connectivity index (χ2v) is 4.31. The van der Waals surface area contributed by atoms with Crippen LogP contribution in [0.5, 0.6) is 0 Å². The van der Waals surface area contributed by atoms with Crippen molar-refractivity contribution < 1.29 is 27.8 Å². The molecule has 2 N–H and O–H groups in total. The Morgan fingerprint density at radius 2 is 2.24 bits per heavy atom. The second-order valence-electron chi connectivity index (χ2n) is 4.31. The topological polar surface area (TPSA) is 58.6 Å². The van der Waals surface area contributed by atoms with Gasteiger partial charge in [0.15, 0.2) is 0 Å². The van der Waals surface area contributed by atoms with Crippen LogP contribution in [0.4, 0.5) is 13.2 Å². The first-order valence-electron chi connectivity index (χ1n) is 5.37. The van der Waals surface area contributed by atoms with Crippen LogP contribution in [0.25, 0.3) is 0 Å². The SMILES string of the molecule is COC1CCCC(NCC(F)(F)F)(C(=O)O)C1. The van der Waals surface area contributed by atoms with E-state index in [0.29, 0.717) is 12.8 Å². The van der Waals surface area contributed by atoms with Crippen LogP contribution in [0, 0.1) is 0 Å². The van der Waals surface area contributed by atoms with E-state index in [1.807, 2.05) is 0 Å². The van der Waals surface area contributed by atoms with Crippen LogP contribution < -0.4 is 5.32 Å². The van der Waals surface area contributed by atoms with E-state index in [1.165, 1.54) is 7.11 Å². The standard InChI is InChI=1S/C10H16F3NO3/c1-17-7-3-2-4-9(5-7,8(15)16)14-6-10(11,12)13/h7,14H,2-6H2,1H3,(H,15,16). The number of nitrogens with one attached hydrogen (secondary N) is 1. The third kappa shape index (κ3) is 3.85. The summed E-state index contributed by atoms with van der Waals surface area (Å²) in [5, 5.41) is 11.2. The minimum absolute atomic E-state index is 0.0644. The molecule has 1 aliphatic rings. The molecule has 0 aromatic carbocycles. The molecule has 0 aromatic heterocycles. The third-order valence-corrected chi connectivity index (χ3v) is 3.08. The fourth-order valence-corrected chi connectivity index (χ4v) is 2.13. The molecule has 1 fully saturated rings. The zero-order valence-electron chi connectivity index (χ0n) is 9.51. The number of hydrogen-bond donors (Lipinski definition) is 2. The van der Waals surface area contributed by atoms with E-state index in [-0.39, 0.29) is 18.9 Å². The number of aliphatic carboxylic acids is 1. The summed E-state index contributed by atoms with van der Waals surface area (Å²) >= 11 is 0. The zero-order valence-corrected chi connectivity index (χ0v) is 9.51. The van der Waals surface area contributed by atoms with E-state index >= 15 is 0 Å². The highest BCUT2D eigenvalue weighted by Crippen LogP contribution is 2.31. The van der Waals surface area contributed by atoms with Crippen LogP contribution in [0.1, 0.15) is 25.7 Å². The van der Waals surface area contributed by atoms with Crippen LogP contribution in [0.3, 0.4) is 0 Å². The molecule has 0 spiro atoms. The van der Waals surface area contributed by atoms with Crippen molar-refractivity contribution in [3.05, 3.63) is 0 Å². The lowest BCUT2D eigenvalue weighted by atomic mass is 9.80. The van der Waals surface area contributed by atoms with Gasteiger partial charge in [0.05, 0.1) is 12.6 Å². The van der Waals surface area contributed by atoms with Gasteiger partial charge in [-0.05, 0) is 19.3 Å². The van der Waals surface area contributed by atoms with Crippen LogP contribution in [-0.4, -0.2) is 42.5 Å². The quantitative estimate of drug-likeness (QED) is 0.800. The zero-order chi connectivity index (χ0) is 13.1. The maximum Gasteiger partial charge on any atom is 0.401 e. The Balaban J connectivity index is 2.72. The van der Waals surface area contributed by atoms with Crippen LogP contribution >= 0.6 is 0 Å². The van der Waals surface area contributed by atoms with Gasteiger partial charge < -0.3 is 9.84 Å². The number of ether oxygens (including phenoxy) is 1. The van der Waals surface area contributed by atoms with Crippen molar-refractivity contribution in [1.29, 1.82) is 0 Å². The molecule has 7 heteroatoms. The lowest BCUT2D eigenvalue weighted by molar-refractivity contribution is -0.155. The number of carboxylic acid groups (broad SMARTS) is 1. The number of carbonyl (C=O) groups is 1. The van der Waals surface area contributed by atoms with Crippen LogP contribution in [0.2, 0.25) is 0 Å². The number of methoxy groups -OCH3 is 1. The summed E-state index contributed by atoms with van der Waals surface area (Å²) in [6.45, 7) is -1.30. The van der Waals surface area contributed by atoms with Crippen molar-refractivity contribution >= 4 is 5.97 Å². The maximum atomic E-state index is 12.1. The molecule has 2 atom stereocenters. The number of alkyl halides is 3. The molecule has 17 heavy (non-hydrogen) atoms. The number of halogens is 3. The predicted octanol–water partition coefficient (Wildman–Crippen LogP) is 1.55. The molecule has 100 valence electrons. The molecule has 1 rings (SSSR count). The first kappa shape index (κ1) is 14.2. The highest BCUT2D eigenvalue weighted by atomic mass is 19.4. The molecule has 1 aliphatic carbocycles. The second kappa shape index (κ2) is 5.22. The molecule has 1 saturated carbocycles. The number of carboxylic acids is 1. The minimum atomic E-state index is -4.41. The van der Waals surface area contributed by atoms with E-state index in [9.17, 15) is 18.0 Å². The minimum Gasteiger partial charge on any atom is -0.480 e. The lowest BCUT2D eigenvalue weighted by Crippen LogP contribution is -2.58. The Hall–Kier alpha value is -0.820. The summed E-state index contributed by atoms with van der Waals surface area (Å²) in [6, 6.07) is 0. The molecule has 2 unspecified atom stereocenters. The molecule has 0 aromatic rings. The Bertz CT molecular complexity index is 282. The fourth-order valence-electron chi connectivity index (χ4n) is 2.13. The normalized spacial score (nSPS) is 30.2. The van der Waals surface area contributed by atoms with Crippen molar-refractivity contribution in [2.24, 2.45) is 0 Å². The van der Waals surface area contributed by atoms with Gasteiger partial charge >= 0.3 is 12.1 Å². The predicted molar refractivity (Wildman–Crippen MR) is 53.7 cm³/mol. The summed E-state index contributed by atoms with van der Waals surface area (Å²) in [5.74, 6) is -1.25. The van der Waals surface area contributed by atoms with Crippen LogP contribution in [-0.2, 0) is 9.53 Å². The number of hydrogen-bond acceptors (Lipinski definition) is 3. The van der Waals surface area contributed by atoms with E-state index in [0.717, 1.165) is 0 Å². The third-order valence-electron chi connectivity index (χ3n) is 3.08. The lowest BCUT2D eigenvalue weighted by Gasteiger charge is -2.38. The summed E-state index contributed by atoms with van der Waals surface area (Å²) < 4.78 is 41.5. The van der Waals surface area contributed by atoms with Gasteiger partial charge in [0, 0.05) is 13.5 Å². The Labute approximate surface area is 97.1 Å². The molecule has 0 aliphatic heterocycles. The maximum absolute atomic E-state index is 12.1. The van der Waals surface area contributed by atoms with Crippen molar-refractivity contribution in [2.75, 3.05) is 13.7 Å². The van der Waals surface area contributed by atoms with Crippen molar-refractivity contribution in [3.8, 4) is 0 Å². The first-order valence-corrected chi connectivity index (χ1v) is 5.37. The molecule has 0 bridgehead atoms. The smallest absolute Gasteiger partial charge is 0.401 e. The highest BCUT2D eigenvalue weighted by molar-refractivity contribution is 5.79. The molecule has 0 amide bonds. The van der Waals surface area contributed by atoms with Gasteiger partial charge in [0.25, 0.3) is 0 Å². The number of rotatable bonds is 4. The molecular formula is C10H16F3NO3. The molecular weight excluding hydrogens is 239 g/mol. The van der Waals surface area contributed by atoms with Gasteiger partial charge in [-0.2, -0.15) is 13.2 Å². The van der Waals surface area contributed by atoms with E-state index in [4.69, 9.17) is 9.84 Å². The summed E-state index contributed by atoms with van der Waals surface area (Å²) in [5.41, 5.74) is -1.52. The van der Waals surface area contributed by atoms with E-state index < -0.39 is 24.2 Å². The molecule has 0 saturated heterocycles. The Morgan fingerprint density at radius 1 is 1.59 bits per heavy atom. The monoisotopic (exact) mass is 255 g/mol. The Kier molecular flexibility index (Phi) is 4.37. The summed E-state index contributed by atoms with van der Waals surface area (Å²) in [4.78, 5) is 11.2. The summed E-state index contributed by atoms with van der Waals surface area (Å²) in [7, 11) is 1.44. The average Bonchev–Trinajstić information content (AvgIpc) is 2.25. The van der Waals surface area contributed by atoms with Gasteiger partial charge in [-0.1, -0.05) is 0 Å². The Morgan fingerprint density at radius 3 is 2.71 bits per heavy atom. The van der Waals surface area contributed by atoms with Crippen LogP contribution in [0.15, 0.2) is 0 Å². The van der Waals surface area contributed by atoms with Gasteiger partial charge in [-0.25, -0.2) is 0 Å². The molecule has 4 nitrogen and oxygen atoms in total. The van der Waals surface area contributed by atoms with E-state index in [1.54, 1.807) is 0 Å². The van der Waals surface area contributed by atoms with Gasteiger partial charge in [0.1, 0.15) is 5.54 Å². The van der Waals surface area contributed by atoms with Crippen molar-refractivity contribution in [1.82, 2.24) is 5.32 Å². The first-order chi connectivity index (χ1) is 7.79. The van der Waals surface area contributed by atoms with Crippen molar-refractivity contribution in [2.45, 2.75) is 43.5 Å². The van der Waals surface area contributed by atoms with Gasteiger partial charge in [0.2, 0.25) is 0 Å². The van der Waals surface area contributed by atoms with Gasteiger partial charge in [-0.15, -0.1) is 0 Å².